The number of hydrogen-bond donors (Lipinski definition) is 1. The van der Waals surface area contributed by atoms with Gasteiger partial charge in [0.25, 0.3) is 0 Å². The van der Waals surface area contributed by atoms with E-state index in [1.54, 1.807) is 0 Å². The second kappa shape index (κ2) is 4.33. The van der Waals surface area contributed by atoms with Crippen molar-refractivity contribution in [1.29, 1.82) is 0 Å². The van der Waals surface area contributed by atoms with Crippen LogP contribution in [0.2, 0.25) is 0 Å². The van der Waals surface area contributed by atoms with Gasteiger partial charge in [-0.15, -0.1) is 0 Å². The minimum atomic E-state index is -4.38. The zero-order valence-electron chi connectivity index (χ0n) is 8.19. The molecule has 1 N–H and O–H groups in total. The minimum absolute atomic E-state index is 0.141. The normalized spacial score (nSPS) is 11.2. The molecule has 0 spiro atoms. The summed E-state index contributed by atoms with van der Waals surface area (Å²) in [7, 11) is 1.16. The molecule has 0 amide bonds. The van der Waals surface area contributed by atoms with Crippen molar-refractivity contribution in [3.8, 4) is 0 Å². The summed E-state index contributed by atoms with van der Waals surface area (Å²) in [6.45, 7) is -1.22. The summed E-state index contributed by atoms with van der Waals surface area (Å²) in [4.78, 5) is 18.3. The predicted molar refractivity (Wildman–Crippen MR) is 48.3 cm³/mol. The topological polar surface area (TPSA) is 66.3 Å². The van der Waals surface area contributed by atoms with Crippen LogP contribution in [0, 0.1) is 0 Å². The average Bonchev–Trinajstić information content (AvgIpc) is 2.15. The van der Waals surface area contributed by atoms with Gasteiger partial charge in [-0.05, 0) is 0 Å². The maximum Gasteiger partial charge on any atom is 0.405 e. The number of carboxylic acids is 1. The van der Waals surface area contributed by atoms with Crippen molar-refractivity contribution in [2.75, 3.05) is 18.5 Å². The third-order valence-electron chi connectivity index (χ3n) is 1.65. The quantitative estimate of drug-likeness (QED) is 0.851. The molecule has 0 fully saturated rings. The van der Waals surface area contributed by atoms with Gasteiger partial charge in [-0.3, -0.25) is 4.98 Å². The Bertz CT molecular complexity index is 394. The van der Waals surface area contributed by atoms with Crippen molar-refractivity contribution in [3.05, 3.63) is 18.1 Å². The third kappa shape index (κ3) is 3.37. The van der Waals surface area contributed by atoms with E-state index in [0.717, 1.165) is 24.3 Å². The van der Waals surface area contributed by atoms with Gasteiger partial charge in [0, 0.05) is 7.05 Å². The monoisotopic (exact) mass is 235 g/mol. The number of aromatic nitrogens is 2. The fourth-order valence-corrected chi connectivity index (χ4v) is 0.993. The van der Waals surface area contributed by atoms with Crippen LogP contribution in [0.5, 0.6) is 0 Å². The summed E-state index contributed by atoms with van der Waals surface area (Å²) >= 11 is 0. The van der Waals surface area contributed by atoms with Crippen LogP contribution in [0.4, 0.5) is 19.0 Å². The number of halogens is 3. The van der Waals surface area contributed by atoms with E-state index >= 15 is 0 Å². The van der Waals surface area contributed by atoms with Crippen LogP contribution < -0.4 is 4.90 Å². The zero-order chi connectivity index (χ0) is 12.3. The van der Waals surface area contributed by atoms with E-state index in [4.69, 9.17) is 5.11 Å². The molecule has 0 atom stereocenters. The van der Waals surface area contributed by atoms with Crippen LogP contribution in [0.1, 0.15) is 10.5 Å². The van der Waals surface area contributed by atoms with Gasteiger partial charge in [0.15, 0.2) is 5.69 Å². The third-order valence-corrected chi connectivity index (χ3v) is 1.65. The number of rotatable bonds is 3. The summed E-state index contributed by atoms with van der Waals surface area (Å²) in [6, 6.07) is 0. The lowest BCUT2D eigenvalue weighted by atomic mass is 10.4. The van der Waals surface area contributed by atoms with Crippen molar-refractivity contribution >= 4 is 11.8 Å². The number of carbonyl (C=O) groups is 1. The molecule has 16 heavy (non-hydrogen) atoms. The highest BCUT2D eigenvalue weighted by Gasteiger charge is 2.30. The van der Waals surface area contributed by atoms with E-state index in [2.05, 4.69) is 9.97 Å². The molecule has 8 heteroatoms. The molecule has 0 saturated heterocycles. The molecule has 0 aromatic carbocycles. The molecule has 0 bridgehead atoms. The fraction of sp³-hybridized carbons (Fsp3) is 0.375. The molecule has 0 aliphatic carbocycles. The Labute approximate surface area is 88.5 Å². The lowest BCUT2D eigenvalue weighted by molar-refractivity contribution is -0.119. The first-order valence-corrected chi connectivity index (χ1v) is 4.13. The molecule has 1 heterocycles. The Morgan fingerprint density at radius 3 is 2.62 bits per heavy atom. The second-order valence-electron chi connectivity index (χ2n) is 3.04. The van der Waals surface area contributed by atoms with Gasteiger partial charge >= 0.3 is 12.1 Å². The predicted octanol–water partition coefficient (Wildman–Crippen LogP) is 1.17. The van der Waals surface area contributed by atoms with Crippen molar-refractivity contribution in [2.24, 2.45) is 0 Å². The van der Waals surface area contributed by atoms with E-state index in [0.29, 0.717) is 0 Å². The molecule has 1 aromatic heterocycles. The maximum atomic E-state index is 12.0. The lowest BCUT2D eigenvalue weighted by Crippen LogP contribution is -2.31. The molecular formula is C8H8F3N3O2. The van der Waals surface area contributed by atoms with Crippen LogP contribution in [0.3, 0.4) is 0 Å². The van der Waals surface area contributed by atoms with E-state index in [1.165, 1.54) is 0 Å². The highest BCUT2D eigenvalue weighted by molar-refractivity contribution is 5.85. The van der Waals surface area contributed by atoms with Gasteiger partial charge < -0.3 is 10.0 Å². The standard InChI is InChI=1S/C8H8F3N3O2/c1-14(4-8(9,10)11)6-3-12-2-5(13-6)7(15)16/h2-3H,4H2,1H3,(H,15,16). The maximum absolute atomic E-state index is 12.0. The summed E-state index contributed by atoms with van der Waals surface area (Å²) in [5.41, 5.74) is -0.397. The Hall–Kier alpha value is -1.86. The largest absolute Gasteiger partial charge is 0.476 e. The number of hydrogen-bond acceptors (Lipinski definition) is 4. The van der Waals surface area contributed by atoms with Crippen LogP contribution in [0.25, 0.3) is 0 Å². The summed E-state index contributed by atoms with van der Waals surface area (Å²) < 4.78 is 36.1. The number of nitrogens with zero attached hydrogens (tertiary/aromatic N) is 3. The Morgan fingerprint density at radius 1 is 1.50 bits per heavy atom. The minimum Gasteiger partial charge on any atom is -0.476 e. The fourth-order valence-electron chi connectivity index (χ4n) is 0.993. The van der Waals surface area contributed by atoms with Crippen LogP contribution in [-0.2, 0) is 0 Å². The van der Waals surface area contributed by atoms with E-state index in [-0.39, 0.29) is 5.82 Å². The molecule has 0 radical (unpaired) electrons. The molecule has 1 rings (SSSR count). The Balaban J connectivity index is 2.87. The number of alkyl halides is 3. The van der Waals surface area contributed by atoms with Crippen molar-refractivity contribution < 1.29 is 23.1 Å². The van der Waals surface area contributed by atoms with Crippen molar-refractivity contribution in [2.45, 2.75) is 6.18 Å². The second-order valence-corrected chi connectivity index (χ2v) is 3.04. The zero-order valence-corrected chi connectivity index (χ0v) is 8.19. The first-order valence-electron chi connectivity index (χ1n) is 4.13. The van der Waals surface area contributed by atoms with Gasteiger partial charge in [0.2, 0.25) is 0 Å². The van der Waals surface area contributed by atoms with Gasteiger partial charge in [0.05, 0.1) is 12.4 Å². The molecule has 0 saturated carbocycles. The molecular weight excluding hydrogens is 227 g/mol. The highest BCUT2D eigenvalue weighted by atomic mass is 19.4. The molecule has 5 nitrogen and oxygen atoms in total. The summed E-state index contributed by atoms with van der Waals surface area (Å²) in [5, 5.41) is 8.58. The van der Waals surface area contributed by atoms with E-state index in [9.17, 15) is 18.0 Å². The highest BCUT2D eigenvalue weighted by Crippen LogP contribution is 2.18. The van der Waals surface area contributed by atoms with Gasteiger partial charge in [-0.2, -0.15) is 13.2 Å². The lowest BCUT2D eigenvalue weighted by Gasteiger charge is -2.19. The van der Waals surface area contributed by atoms with Crippen LogP contribution in [-0.4, -0.2) is 40.8 Å². The van der Waals surface area contributed by atoms with Gasteiger partial charge in [-0.1, -0.05) is 0 Å². The number of aromatic carboxylic acids is 1. The number of anilines is 1. The Kier molecular flexibility index (Phi) is 3.31. The summed E-state index contributed by atoms with van der Waals surface area (Å²) in [5.74, 6) is -1.48. The smallest absolute Gasteiger partial charge is 0.405 e. The number of carboxylic acid groups (broad SMARTS) is 1. The van der Waals surface area contributed by atoms with Crippen LogP contribution in [0.15, 0.2) is 12.4 Å². The summed E-state index contributed by atoms with van der Waals surface area (Å²) in [6.07, 6.45) is -2.35. The molecule has 88 valence electrons. The van der Waals surface area contributed by atoms with E-state index < -0.39 is 24.4 Å². The first kappa shape index (κ1) is 12.2. The molecule has 1 aromatic rings. The SMILES string of the molecule is CN(CC(F)(F)F)c1cncc(C(=O)O)n1. The van der Waals surface area contributed by atoms with Gasteiger partial charge in [0.1, 0.15) is 12.4 Å². The Morgan fingerprint density at radius 2 is 2.12 bits per heavy atom. The van der Waals surface area contributed by atoms with Gasteiger partial charge in [-0.25, -0.2) is 9.78 Å². The van der Waals surface area contributed by atoms with Crippen LogP contribution >= 0.6 is 0 Å². The van der Waals surface area contributed by atoms with Crippen molar-refractivity contribution in [1.82, 2.24) is 9.97 Å². The molecule has 0 unspecified atom stereocenters. The molecule has 0 aliphatic heterocycles. The average molecular weight is 235 g/mol. The van der Waals surface area contributed by atoms with E-state index in [1.807, 2.05) is 0 Å². The molecule has 0 aliphatic rings. The van der Waals surface area contributed by atoms with Crippen molar-refractivity contribution in [3.63, 3.8) is 0 Å². The first-order chi connectivity index (χ1) is 7.29.